The minimum absolute atomic E-state index is 0.108. The van der Waals surface area contributed by atoms with E-state index >= 15 is 0 Å². The van der Waals surface area contributed by atoms with Gasteiger partial charge in [0.2, 0.25) is 0 Å². The summed E-state index contributed by atoms with van der Waals surface area (Å²) in [7, 11) is 0. The first-order valence-corrected chi connectivity index (χ1v) is 12.6. The van der Waals surface area contributed by atoms with Gasteiger partial charge in [0, 0.05) is 28.3 Å². The monoisotopic (exact) mass is 568 g/mol. The van der Waals surface area contributed by atoms with Gasteiger partial charge in [0.05, 0.1) is 16.4 Å². The Labute approximate surface area is 221 Å². The van der Waals surface area contributed by atoms with E-state index in [0.717, 1.165) is 26.9 Å². The number of aromatic nitrogens is 2. The minimum atomic E-state index is -0.652. The van der Waals surface area contributed by atoms with Crippen molar-refractivity contribution in [3.05, 3.63) is 99.4 Å². The Morgan fingerprint density at radius 1 is 1.11 bits per heavy atom. The number of anilines is 1. The minimum Gasteiger partial charge on any atom is -0.398 e. The second-order valence-corrected chi connectivity index (χ2v) is 9.95. The number of carbonyl (C=O) groups excluding carboxylic acids is 1. The predicted molar refractivity (Wildman–Crippen MR) is 141 cm³/mol. The molecule has 0 spiro atoms. The van der Waals surface area contributed by atoms with Crippen LogP contribution in [0.15, 0.2) is 77.4 Å². The van der Waals surface area contributed by atoms with Crippen molar-refractivity contribution >= 4 is 39.1 Å². The molecule has 2 heterocycles. The van der Waals surface area contributed by atoms with E-state index in [1.807, 2.05) is 42.6 Å². The summed E-state index contributed by atoms with van der Waals surface area (Å²) in [5.74, 6) is -0.444. The highest BCUT2D eigenvalue weighted by atomic mass is 79.9. The molecule has 1 aliphatic rings. The van der Waals surface area contributed by atoms with Crippen LogP contribution in [-0.2, 0) is 16.0 Å². The van der Waals surface area contributed by atoms with Crippen LogP contribution in [0.1, 0.15) is 24.3 Å². The predicted octanol–water partition coefficient (Wildman–Crippen LogP) is 6.17. The molecule has 0 radical (unpaired) electrons. The maximum Gasteiger partial charge on any atom is 0.253 e. The molecule has 1 saturated heterocycles. The number of nitrogen functional groups attached to an aromatic ring is 1. The van der Waals surface area contributed by atoms with Crippen molar-refractivity contribution in [2.45, 2.75) is 25.7 Å². The van der Waals surface area contributed by atoms with E-state index in [-0.39, 0.29) is 11.7 Å². The van der Waals surface area contributed by atoms with Crippen LogP contribution in [0.4, 0.5) is 10.1 Å². The number of hydrogen-bond donors (Lipinski definition) is 1. The van der Waals surface area contributed by atoms with E-state index in [2.05, 4.69) is 15.9 Å². The smallest absolute Gasteiger partial charge is 0.253 e. The zero-order valence-corrected chi connectivity index (χ0v) is 21.7. The van der Waals surface area contributed by atoms with Crippen molar-refractivity contribution in [3.63, 3.8) is 0 Å². The Morgan fingerprint density at radius 2 is 1.83 bits per heavy atom. The first-order chi connectivity index (χ1) is 17.3. The third-order valence-corrected chi connectivity index (χ3v) is 7.03. The van der Waals surface area contributed by atoms with E-state index in [1.54, 1.807) is 34.7 Å². The topological polar surface area (TPSA) is 73.4 Å². The molecule has 1 aliphatic heterocycles. The van der Waals surface area contributed by atoms with Gasteiger partial charge in [-0.2, -0.15) is 5.10 Å². The van der Waals surface area contributed by atoms with Crippen molar-refractivity contribution in [1.29, 1.82) is 0 Å². The van der Waals surface area contributed by atoms with Crippen molar-refractivity contribution in [1.82, 2.24) is 14.7 Å². The summed E-state index contributed by atoms with van der Waals surface area (Å²) >= 11 is 9.64. The highest BCUT2D eigenvalue weighted by Gasteiger charge is 2.40. The molecule has 36 heavy (non-hydrogen) atoms. The molecule has 2 atom stereocenters. The molecule has 1 aromatic heterocycles. The van der Waals surface area contributed by atoms with Crippen LogP contribution in [0.3, 0.4) is 0 Å². The number of hydrogen-bond acceptors (Lipinski definition) is 4. The Hall–Kier alpha value is -3.20. The molecular formula is C27H23BrClFN4O2. The summed E-state index contributed by atoms with van der Waals surface area (Å²) in [5, 5.41) is 5.29. The van der Waals surface area contributed by atoms with Gasteiger partial charge in [-0.25, -0.2) is 9.07 Å². The van der Waals surface area contributed by atoms with Crippen LogP contribution in [0.2, 0.25) is 5.02 Å². The van der Waals surface area contributed by atoms with E-state index in [0.29, 0.717) is 29.4 Å². The Bertz CT molecular complexity index is 1410. The molecule has 0 aliphatic carbocycles. The summed E-state index contributed by atoms with van der Waals surface area (Å²) in [6, 6.07) is 19.3. The average Bonchev–Trinajstić information content (AvgIpc) is 3.42. The van der Waals surface area contributed by atoms with Gasteiger partial charge in [-0.1, -0.05) is 33.6 Å². The van der Waals surface area contributed by atoms with Gasteiger partial charge in [-0.05, 0) is 79.6 Å². The normalized spacial score (nSPS) is 17.7. The number of nitrogens with two attached hydrogens (primary N) is 1. The number of ether oxygens (including phenoxy) is 1. The average molecular weight is 570 g/mol. The lowest BCUT2D eigenvalue weighted by atomic mass is 10.1. The van der Waals surface area contributed by atoms with E-state index in [9.17, 15) is 9.18 Å². The molecule has 3 aromatic carbocycles. The molecular weight excluding hydrogens is 547 g/mol. The quantitative estimate of drug-likeness (QED) is 0.282. The van der Waals surface area contributed by atoms with Crippen molar-refractivity contribution in [3.8, 4) is 16.9 Å². The van der Waals surface area contributed by atoms with Gasteiger partial charge >= 0.3 is 0 Å². The maximum atomic E-state index is 13.7. The van der Waals surface area contributed by atoms with E-state index < -0.39 is 12.3 Å². The zero-order valence-electron chi connectivity index (χ0n) is 19.4. The molecule has 2 N–H and O–H groups in total. The summed E-state index contributed by atoms with van der Waals surface area (Å²) in [6.07, 6.45) is 1.18. The maximum absolute atomic E-state index is 13.7. The molecule has 5 rings (SSSR count). The molecule has 9 heteroatoms. The van der Waals surface area contributed by atoms with E-state index in [1.165, 1.54) is 12.1 Å². The molecule has 1 amide bonds. The highest BCUT2D eigenvalue weighted by molar-refractivity contribution is 9.10. The SMILES string of the molecule is C[C@@H]1O[C@H](c2cn(-c3ccc(Br)cc3)nc2-c2ccc(F)cc2)N(CCc2ccc(N)c(Cl)c2)C1=O. The Kier molecular flexibility index (Phi) is 6.83. The van der Waals surface area contributed by atoms with Crippen LogP contribution in [0, 0.1) is 5.82 Å². The first-order valence-electron chi connectivity index (χ1n) is 11.4. The molecule has 4 aromatic rings. The largest absolute Gasteiger partial charge is 0.398 e. The van der Waals surface area contributed by atoms with Gasteiger partial charge < -0.3 is 15.4 Å². The first kappa shape index (κ1) is 24.5. The van der Waals surface area contributed by atoms with Gasteiger partial charge in [0.25, 0.3) is 5.91 Å². The summed E-state index contributed by atoms with van der Waals surface area (Å²) in [5.41, 5.74) is 10.2. The van der Waals surface area contributed by atoms with Crippen molar-refractivity contribution in [2.24, 2.45) is 0 Å². The van der Waals surface area contributed by atoms with Crippen molar-refractivity contribution in [2.75, 3.05) is 12.3 Å². The summed E-state index contributed by atoms with van der Waals surface area (Å²) in [6.45, 7) is 2.16. The fourth-order valence-corrected chi connectivity index (χ4v) is 4.71. The van der Waals surface area contributed by atoms with Crippen molar-refractivity contribution < 1.29 is 13.9 Å². The molecule has 0 bridgehead atoms. The molecule has 0 saturated carbocycles. The lowest BCUT2D eigenvalue weighted by Gasteiger charge is -2.23. The highest BCUT2D eigenvalue weighted by Crippen LogP contribution is 2.37. The van der Waals surface area contributed by atoms with Crippen LogP contribution in [-0.4, -0.2) is 33.2 Å². The number of rotatable bonds is 6. The third-order valence-electron chi connectivity index (χ3n) is 6.17. The fraction of sp³-hybridized carbons (Fsp3) is 0.185. The van der Waals surface area contributed by atoms with Gasteiger partial charge in [0.15, 0.2) is 6.23 Å². The molecule has 0 unspecified atom stereocenters. The van der Waals surface area contributed by atoms with Gasteiger partial charge in [-0.15, -0.1) is 0 Å². The van der Waals surface area contributed by atoms with E-state index in [4.69, 9.17) is 27.2 Å². The number of halogens is 3. The summed E-state index contributed by atoms with van der Waals surface area (Å²) in [4.78, 5) is 14.8. The lowest BCUT2D eigenvalue weighted by molar-refractivity contribution is -0.130. The Balaban J connectivity index is 1.53. The number of carbonyl (C=O) groups is 1. The molecule has 6 nitrogen and oxygen atoms in total. The van der Waals surface area contributed by atoms with Gasteiger partial charge in [0.1, 0.15) is 17.6 Å². The molecule has 1 fully saturated rings. The van der Waals surface area contributed by atoms with Crippen LogP contribution in [0.5, 0.6) is 0 Å². The number of benzene rings is 3. The Morgan fingerprint density at radius 3 is 2.53 bits per heavy atom. The second-order valence-electron chi connectivity index (χ2n) is 8.63. The standard InChI is InChI=1S/C27H23BrClFN4O2/c1-16-26(35)33(13-12-17-2-11-24(31)23(29)14-17)27(36-16)22-15-34(21-9-5-19(28)6-10-21)32-25(22)18-3-7-20(30)8-4-18/h2-11,14-16,27H,12-13,31H2,1H3/t16-,27+/m0/s1. The zero-order chi connectivity index (χ0) is 25.4. The van der Waals surface area contributed by atoms with Crippen LogP contribution in [0.25, 0.3) is 16.9 Å². The third kappa shape index (κ3) is 4.89. The number of nitrogens with zero attached hydrogens (tertiary/aromatic N) is 3. The molecule has 184 valence electrons. The fourth-order valence-electron chi connectivity index (χ4n) is 4.24. The number of amides is 1. The second kappa shape index (κ2) is 10.0. The van der Waals surface area contributed by atoms with Gasteiger partial charge in [-0.3, -0.25) is 4.79 Å². The lowest BCUT2D eigenvalue weighted by Crippen LogP contribution is -2.32. The van der Waals surface area contributed by atoms with Crippen LogP contribution < -0.4 is 5.73 Å². The summed E-state index contributed by atoms with van der Waals surface area (Å²) < 4.78 is 22.5. The van der Waals surface area contributed by atoms with Crippen LogP contribution >= 0.6 is 27.5 Å².